The van der Waals surface area contributed by atoms with E-state index in [-0.39, 0.29) is 5.91 Å². The number of aromatic nitrogens is 3. The molecule has 2 aliphatic rings. The van der Waals surface area contributed by atoms with Gasteiger partial charge in [-0.25, -0.2) is 4.98 Å². The van der Waals surface area contributed by atoms with Crippen LogP contribution in [0.2, 0.25) is 0 Å². The van der Waals surface area contributed by atoms with Crippen LogP contribution in [0.3, 0.4) is 0 Å². The third-order valence-corrected chi connectivity index (χ3v) is 6.13. The van der Waals surface area contributed by atoms with Gasteiger partial charge in [0.05, 0.1) is 12.7 Å². The first-order chi connectivity index (χ1) is 16.2. The molecule has 2 aliphatic heterocycles. The van der Waals surface area contributed by atoms with Crippen molar-refractivity contribution in [2.24, 2.45) is 4.99 Å². The highest BCUT2D eigenvalue weighted by Crippen LogP contribution is 2.37. The van der Waals surface area contributed by atoms with E-state index < -0.39 is 0 Å². The quantitative estimate of drug-likeness (QED) is 0.619. The second-order valence-electron chi connectivity index (χ2n) is 8.24. The van der Waals surface area contributed by atoms with Crippen LogP contribution in [0.5, 0.6) is 11.5 Å². The van der Waals surface area contributed by atoms with Crippen molar-refractivity contribution >= 4 is 22.6 Å². The molecule has 0 aliphatic carbocycles. The first-order valence-electron chi connectivity index (χ1n) is 11.4. The Balaban J connectivity index is 1.50. The summed E-state index contributed by atoms with van der Waals surface area (Å²) < 4.78 is 13.8. The van der Waals surface area contributed by atoms with E-state index in [0.29, 0.717) is 41.3 Å². The van der Waals surface area contributed by atoms with Gasteiger partial charge in [0.15, 0.2) is 11.5 Å². The highest BCUT2D eigenvalue weighted by Gasteiger charge is 2.21. The summed E-state index contributed by atoms with van der Waals surface area (Å²) in [5.41, 5.74) is 1.37. The van der Waals surface area contributed by atoms with Crippen LogP contribution < -0.4 is 20.4 Å². The number of rotatable bonds is 6. The number of carbonyl (C=O) groups excluding carboxylic acids is 1. The molecule has 9 heteroatoms. The molecule has 0 saturated carbocycles. The Kier molecular flexibility index (Phi) is 6.21. The molecule has 0 atom stereocenters. The average molecular weight is 449 g/mol. The lowest BCUT2D eigenvalue weighted by atomic mass is 10.1. The molecule has 0 unspecified atom stereocenters. The number of hydrogen-bond acceptors (Lipinski definition) is 7. The molecule has 0 radical (unpaired) electrons. The third kappa shape index (κ3) is 4.41. The van der Waals surface area contributed by atoms with Crippen LogP contribution in [0, 0.1) is 0 Å². The molecule has 1 aromatic carbocycles. The van der Waals surface area contributed by atoms with Gasteiger partial charge in [-0.15, -0.1) is 0 Å². The number of piperidine rings is 1. The van der Waals surface area contributed by atoms with E-state index >= 15 is 0 Å². The maximum Gasteiger partial charge on any atom is 0.281 e. The average Bonchev–Trinajstić information content (AvgIpc) is 3.36. The molecule has 1 N–H and O–H groups in total. The van der Waals surface area contributed by atoms with E-state index in [1.165, 1.54) is 25.5 Å². The lowest BCUT2D eigenvalue weighted by molar-refractivity contribution is 0.0996. The number of anilines is 1. The smallest absolute Gasteiger partial charge is 0.281 e. The zero-order valence-electron chi connectivity index (χ0n) is 18.8. The van der Waals surface area contributed by atoms with E-state index in [9.17, 15) is 4.79 Å². The van der Waals surface area contributed by atoms with Crippen molar-refractivity contribution in [3.05, 3.63) is 47.8 Å². The van der Waals surface area contributed by atoms with Crippen LogP contribution in [0.25, 0.3) is 10.9 Å². The summed E-state index contributed by atoms with van der Waals surface area (Å²) in [5.74, 6) is 1.68. The molecule has 5 rings (SSSR count). The SMILES string of the molecule is COc1c(OCCN2CCCCC2)ccc2c3n(c(=NC(=O)c4cccnc4)nc12)CCN3. The molecule has 33 heavy (non-hydrogen) atoms. The van der Waals surface area contributed by atoms with Crippen LogP contribution in [-0.4, -0.2) is 65.2 Å². The van der Waals surface area contributed by atoms with Gasteiger partial charge in [0.25, 0.3) is 5.91 Å². The van der Waals surface area contributed by atoms with Crippen LogP contribution in [0.1, 0.15) is 29.6 Å². The highest BCUT2D eigenvalue weighted by atomic mass is 16.5. The summed E-state index contributed by atoms with van der Waals surface area (Å²) in [5, 5.41) is 4.29. The molecule has 2 aromatic heterocycles. The summed E-state index contributed by atoms with van der Waals surface area (Å²) in [4.78, 5) is 28.2. The van der Waals surface area contributed by atoms with Gasteiger partial charge < -0.3 is 14.8 Å². The van der Waals surface area contributed by atoms with Crippen molar-refractivity contribution in [2.75, 3.05) is 45.2 Å². The van der Waals surface area contributed by atoms with Crippen molar-refractivity contribution in [3.63, 3.8) is 0 Å². The predicted octanol–water partition coefficient (Wildman–Crippen LogP) is 2.47. The fourth-order valence-corrected chi connectivity index (χ4v) is 4.46. The standard InChI is InChI=1S/C24H28N6O3/c1-32-21-19(33-15-14-29-11-3-2-4-12-29)8-7-18-20(21)27-24(30-13-10-26-22(18)30)28-23(31)17-6-5-9-25-16-17/h5-9,16,26H,2-4,10-15H2,1H3. The van der Waals surface area contributed by atoms with Crippen molar-refractivity contribution in [3.8, 4) is 11.5 Å². The number of carbonyl (C=O) groups is 1. The number of nitrogens with one attached hydrogen (secondary N) is 1. The van der Waals surface area contributed by atoms with Crippen molar-refractivity contribution in [2.45, 2.75) is 25.8 Å². The molecule has 9 nitrogen and oxygen atoms in total. The monoisotopic (exact) mass is 448 g/mol. The summed E-state index contributed by atoms with van der Waals surface area (Å²) in [6.07, 6.45) is 6.95. The molecule has 3 aromatic rings. The number of hydrogen-bond donors (Lipinski definition) is 1. The van der Waals surface area contributed by atoms with E-state index in [4.69, 9.17) is 14.5 Å². The van der Waals surface area contributed by atoms with Gasteiger partial charge >= 0.3 is 0 Å². The Hall–Kier alpha value is -3.46. The number of pyridine rings is 1. The molecule has 0 spiro atoms. The van der Waals surface area contributed by atoms with E-state index in [1.54, 1.807) is 25.4 Å². The Morgan fingerprint density at radius 3 is 2.85 bits per heavy atom. The Labute approximate surface area is 192 Å². The number of likely N-dealkylation sites (tertiary alicyclic amines) is 1. The Morgan fingerprint density at radius 1 is 1.18 bits per heavy atom. The second-order valence-corrected chi connectivity index (χ2v) is 8.24. The maximum atomic E-state index is 12.7. The second kappa shape index (κ2) is 9.58. The van der Waals surface area contributed by atoms with Crippen LogP contribution in [0.15, 0.2) is 41.7 Å². The molecule has 4 heterocycles. The van der Waals surface area contributed by atoms with Crippen molar-refractivity contribution in [1.29, 1.82) is 0 Å². The molecule has 1 saturated heterocycles. The summed E-state index contributed by atoms with van der Waals surface area (Å²) in [6, 6.07) is 7.32. The van der Waals surface area contributed by atoms with E-state index in [0.717, 1.165) is 37.4 Å². The lowest BCUT2D eigenvalue weighted by Gasteiger charge is -2.26. The first-order valence-corrected chi connectivity index (χ1v) is 11.4. The Bertz CT molecular complexity index is 1220. The number of nitrogens with zero attached hydrogens (tertiary/aromatic N) is 5. The summed E-state index contributed by atoms with van der Waals surface area (Å²) in [6.45, 7) is 5.14. The molecular weight excluding hydrogens is 420 g/mol. The number of ether oxygens (including phenoxy) is 2. The highest BCUT2D eigenvalue weighted by molar-refractivity contribution is 5.96. The molecule has 172 valence electrons. The largest absolute Gasteiger partial charge is 0.491 e. The number of benzene rings is 1. The molecule has 1 fully saturated rings. The normalized spacial score (nSPS) is 16.5. The molecule has 1 amide bonds. The van der Waals surface area contributed by atoms with Gasteiger partial charge in [-0.3, -0.25) is 19.2 Å². The zero-order valence-corrected chi connectivity index (χ0v) is 18.8. The zero-order chi connectivity index (χ0) is 22.6. The minimum absolute atomic E-state index is 0.333. The fraction of sp³-hybridized carbons (Fsp3) is 0.417. The van der Waals surface area contributed by atoms with Gasteiger partial charge in [0, 0.05) is 37.4 Å². The van der Waals surface area contributed by atoms with Crippen molar-refractivity contribution in [1.82, 2.24) is 19.4 Å². The first kappa shape index (κ1) is 21.4. The topological polar surface area (TPSA) is 93.9 Å². The van der Waals surface area contributed by atoms with Gasteiger partial charge in [-0.05, 0) is 50.2 Å². The van der Waals surface area contributed by atoms with Gasteiger partial charge in [0.2, 0.25) is 5.62 Å². The van der Waals surface area contributed by atoms with Crippen LogP contribution >= 0.6 is 0 Å². The Morgan fingerprint density at radius 2 is 2.06 bits per heavy atom. The molecular formula is C24H28N6O3. The molecule has 0 bridgehead atoms. The fourth-order valence-electron chi connectivity index (χ4n) is 4.46. The van der Waals surface area contributed by atoms with Crippen LogP contribution in [-0.2, 0) is 6.54 Å². The number of methoxy groups -OCH3 is 1. The van der Waals surface area contributed by atoms with Crippen molar-refractivity contribution < 1.29 is 14.3 Å². The minimum atomic E-state index is -0.385. The van der Waals surface area contributed by atoms with Gasteiger partial charge in [-0.1, -0.05) is 6.42 Å². The summed E-state index contributed by atoms with van der Waals surface area (Å²) >= 11 is 0. The summed E-state index contributed by atoms with van der Waals surface area (Å²) in [7, 11) is 1.61. The van der Waals surface area contributed by atoms with Gasteiger partial charge in [-0.2, -0.15) is 4.99 Å². The third-order valence-electron chi connectivity index (χ3n) is 6.13. The van der Waals surface area contributed by atoms with E-state index in [2.05, 4.69) is 20.2 Å². The van der Waals surface area contributed by atoms with E-state index in [1.807, 2.05) is 16.7 Å². The predicted molar refractivity (Wildman–Crippen MR) is 125 cm³/mol. The number of fused-ring (bicyclic) bond motifs is 3. The number of amides is 1. The lowest BCUT2D eigenvalue weighted by Crippen LogP contribution is -2.33. The minimum Gasteiger partial charge on any atom is -0.491 e. The van der Waals surface area contributed by atoms with Gasteiger partial charge in [0.1, 0.15) is 17.9 Å². The maximum absolute atomic E-state index is 12.7. The van der Waals surface area contributed by atoms with Crippen LogP contribution in [0.4, 0.5) is 5.82 Å².